The van der Waals surface area contributed by atoms with E-state index >= 15 is 0 Å². The lowest BCUT2D eigenvalue weighted by atomic mass is 10.3. The van der Waals surface area contributed by atoms with Gasteiger partial charge in [0.05, 0.1) is 25.7 Å². The highest BCUT2D eigenvalue weighted by atomic mass is 32.1. The molecule has 20 heavy (non-hydrogen) atoms. The zero-order chi connectivity index (χ0) is 14.4. The minimum Gasteiger partial charge on any atom is -0.379 e. The van der Waals surface area contributed by atoms with E-state index in [0.717, 1.165) is 23.5 Å². The van der Waals surface area contributed by atoms with E-state index in [2.05, 4.69) is 17.2 Å². The number of urea groups is 1. The van der Waals surface area contributed by atoms with E-state index in [0.29, 0.717) is 19.7 Å². The second-order valence-electron chi connectivity index (χ2n) is 4.67. The fourth-order valence-electron chi connectivity index (χ4n) is 1.92. The van der Waals surface area contributed by atoms with Crippen LogP contribution in [0.1, 0.15) is 16.9 Å². The van der Waals surface area contributed by atoms with Gasteiger partial charge in [-0.3, -0.25) is 0 Å². The third kappa shape index (κ3) is 4.23. The largest absolute Gasteiger partial charge is 0.379 e. The second kappa shape index (κ2) is 7.29. The van der Waals surface area contributed by atoms with E-state index in [9.17, 15) is 4.79 Å². The maximum atomic E-state index is 12.0. The lowest BCUT2D eigenvalue weighted by Gasteiger charge is -2.19. The van der Waals surface area contributed by atoms with Gasteiger partial charge in [0.2, 0.25) is 0 Å². The molecule has 2 heterocycles. The molecular formula is C14H19N3O2S. The monoisotopic (exact) mass is 293 g/mol. The van der Waals surface area contributed by atoms with Crippen molar-refractivity contribution in [2.45, 2.75) is 19.0 Å². The first-order valence-corrected chi connectivity index (χ1v) is 7.42. The zero-order valence-electron chi connectivity index (χ0n) is 11.5. The summed E-state index contributed by atoms with van der Waals surface area (Å²) in [4.78, 5) is 14.8. The van der Waals surface area contributed by atoms with Crippen molar-refractivity contribution in [1.82, 2.24) is 10.2 Å². The Bertz CT molecular complexity index is 512. The van der Waals surface area contributed by atoms with E-state index in [1.54, 1.807) is 23.3 Å². The predicted octanol–water partition coefficient (Wildman–Crippen LogP) is 0.989. The molecule has 2 rings (SSSR count). The Morgan fingerprint density at radius 2 is 2.55 bits per heavy atom. The molecule has 1 aromatic heterocycles. The van der Waals surface area contributed by atoms with Gasteiger partial charge in [0.15, 0.2) is 0 Å². The molecule has 0 bridgehead atoms. The molecule has 3 N–H and O–H groups in total. The Balaban J connectivity index is 1.85. The molecule has 6 heteroatoms. The number of ether oxygens (including phenoxy) is 1. The summed E-state index contributed by atoms with van der Waals surface area (Å²) in [6.07, 6.45) is 0.886. The molecule has 2 amide bonds. The van der Waals surface area contributed by atoms with Crippen LogP contribution in [0.2, 0.25) is 0 Å². The van der Waals surface area contributed by atoms with Crippen LogP contribution >= 0.6 is 11.3 Å². The van der Waals surface area contributed by atoms with Crippen molar-refractivity contribution >= 4 is 17.4 Å². The van der Waals surface area contributed by atoms with Gasteiger partial charge in [0.1, 0.15) is 0 Å². The maximum Gasteiger partial charge on any atom is 0.317 e. The number of hydrogen-bond acceptors (Lipinski definition) is 4. The number of hydrogen-bond donors (Lipinski definition) is 2. The van der Waals surface area contributed by atoms with Gasteiger partial charge in [-0.2, -0.15) is 0 Å². The first-order valence-electron chi connectivity index (χ1n) is 6.54. The molecule has 5 nitrogen and oxygen atoms in total. The van der Waals surface area contributed by atoms with Gasteiger partial charge >= 0.3 is 6.03 Å². The molecule has 0 saturated carbocycles. The molecule has 1 atom stereocenters. The molecule has 1 aliphatic rings. The number of amides is 2. The molecule has 108 valence electrons. The summed E-state index contributed by atoms with van der Waals surface area (Å²) in [5.74, 6) is 5.81. The number of nitrogens with zero attached hydrogens (tertiary/aromatic N) is 1. The Kier molecular flexibility index (Phi) is 5.41. The summed E-state index contributed by atoms with van der Waals surface area (Å²) in [5, 5.41) is 4.94. The first kappa shape index (κ1) is 14.9. The molecule has 1 aliphatic heterocycles. The van der Waals surface area contributed by atoms with Crippen LogP contribution in [0.4, 0.5) is 4.79 Å². The van der Waals surface area contributed by atoms with Crippen LogP contribution in [-0.2, 0) is 11.3 Å². The van der Waals surface area contributed by atoms with Crippen molar-refractivity contribution in [2.75, 3.05) is 26.8 Å². The van der Waals surface area contributed by atoms with Gasteiger partial charge in [-0.1, -0.05) is 11.8 Å². The van der Waals surface area contributed by atoms with Crippen molar-refractivity contribution in [2.24, 2.45) is 5.73 Å². The van der Waals surface area contributed by atoms with Gasteiger partial charge in [-0.05, 0) is 12.5 Å². The number of nitrogens with one attached hydrogen (secondary N) is 1. The Labute approximate surface area is 123 Å². The summed E-state index contributed by atoms with van der Waals surface area (Å²) >= 11 is 1.60. The Morgan fingerprint density at radius 1 is 1.70 bits per heavy atom. The lowest BCUT2D eigenvalue weighted by molar-refractivity contribution is 0.181. The highest BCUT2D eigenvalue weighted by Gasteiger charge is 2.19. The van der Waals surface area contributed by atoms with E-state index in [1.807, 2.05) is 11.4 Å². The van der Waals surface area contributed by atoms with Gasteiger partial charge in [0, 0.05) is 29.5 Å². The van der Waals surface area contributed by atoms with Crippen LogP contribution in [0.5, 0.6) is 0 Å². The Hall–Kier alpha value is -1.55. The third-order valence-electron chi connectivity index (χ3n) is 2.99. The van der Waals surface area contributed by atoms with Crippen LogP contribution in [0.25, 0.3) is 0 Å². The SMILES string of the molecule is CN(Cc1cc(C#CCN)cs1)C(=O)NC1CCOC1. The maximum absolute atomic E-state index is 12.0. The van der Waals surface area contributed by atoms with E-state index in [-0.39, 0.29) is 12.1 Å². The topological polar surface area (TPSA) is 67.6 Å². The molecule has 0 aliphatic carbocycles. The third-order valence-corrected chi connectivity index (χ3v) is 3.91. The number of nitrogens with two attached hydrogens (primary N) is 1. The minimum atomic E-state index is -0.0662. The average Bonchev–Trinajstić information content (AvgIpc) is 3.08. The fourth-order valence-corrected chi connectivity index (χ4v) is 2.79. The number of carbonyl (C=O) groups excluding carboxylic acids is 1. The molecule has 1 unspecified atom stereocenters. The van der Waals surface area contributed by atoms with Crippen molar-refractivity contribution in [1.29, 1.82) is 0 Å². The van der Waals surface area contributed by atoms with Gasteiger partial charge < -0.3 is 20.7 Å². The van der Waals surface area contributed by atoms with E-state index < -0.39 is 0 Å². The van der Waals surface area contributed by atoms with Crippen LogP contribution in [-0.4, -0.2) is 43.8 Å². The smallest absolute Gasteiger partial charge is 0.317 e. The van der Waals surface area contributed by atoms with E-state index in [1.165, 1.54) is 0 Å². The summed E-state index contributed by atoms with van der Waals surface area (Å²) in [6, 6.07) is 2.07. The molecule has 1 fully saturated rings. The molecule has 0 aromatic carbocycles. The summed E-state index contributed by atoms with van der Waals surface area (Å²) in [5.41, 5.74) is 6.29. The summed E-state index contributed by atoms with van der Waals surface area (Å²) in [6.45, 7) is 2.27. The van der Waals surface area contributed by atoms with Crippen LogP contribution in [0.15, 0.2) is 11.4 Å². The van der Waals surface area contributed by atoms with Gasteiger partial charge in [0.25, 0.3) is 0 Å². The first-order chi connectivity index (χ1) is 9.69. The van der Waals surface area contributed by atoms with Crippen LogP contribution in [0, 0.1) is 11.8 Å². The van der Waals surface area contributed by atoms with Gasteiger partial charge in [-0.25, -0.2) is 4.79 Å². The van der Waals surface area contributed by atoms with Crippen molar-refractivity contribution in [3.63, 3.8) is 0 Å². The normalized spacial score (nSPS) is 17.4. The average molecular weight is 293 g/mol. The number of thiophene rings is 1. The molecular weight excluding hydrogens is 274 g/mol. The second-order valence-corrected chi connectivity index (χ2v) is 5.67. The molecule has 1 aromatic rings. The summed E-state index contributed by atoms with van der Waals surface area (Å²) in [7, 11) is 1.79. The van der Waals surface area contributed by atoms with E-state index in [4.69, 9.17) is 10.5 Å². The molecule has 0 spiro atoms. The number of rotatable bonds is 3. The molecule has 0 radical (unpaired) electrons. The standard InChI is InChI=1S/C14H19N3O2S/c1-17(14(18)16-12-4-6-19-9-12)8-13-7-11(10-20-13)3-2-5-15/h7,10,12H,4-6,8-9,15H2,1H3,(H,16,18). The van der Waals surface area contributed by atoms with Crippen molar-refractivity contribution in [3.8, 4) is 11.8 Å². The Morgan fingerprint density at radius 3 is 3.25 bits per heavy atom. The van der Waals surface area contributed by atoms with Crippen molar-refractivity contribution < 1.29 is 9.53 Å². The molecule has 1 saturated heterocycles. The highest BCUT2D eigenvalue weighted by Crippen LogP contribution is 2.16. The minimum absolute atomic E-state index is 0.0662. The fraction of sp³-hybridized carbons (Fsp3) is 0.500. The predicted molar refractivity (Wildman–Crippen MR) is 79.5 cm³/mol. The van der Waals surface area contributed by atoms with Crippen LogP contribution < -0.4 is 11.1 Å². The van der Waals surface area contributed by atoms with Gasteiger partial charge in [-0.15, -0.1) is 11.3 Å². The van der Waals surface area contributed by atoms with Crippen LogP contribution in [0.3, 0.4) is 0 Å². The summed E-state index contributed by atoms with van der Waals surface area (Å²) < 4.78 is 5.24. The zero-order valence-corrected chi connectivity index (χ0v) is 12.3. The lowest BCUT2D eigenvalue weighted by Crippen LogP contribution is -2.42. The number of carbonyl (C=O) groups is 1. The van der Waals surface area contributed by atoms with Crippen molar-refractivity contribution in [3.05, 3.63) is 21.9 Å². The highest BCUT2D eigenvalue weighted by molar-refractivity contribution is 7.10. The quantitative estimate of drug-likeness (QED) is 0.817.